The van der Waals surface area contributed by atoms with Gasteiger partial charge in [-0.3, -0.25) is 4.98 Å². The van der Waals surface area contributed by atoms with Crippen molar-refractivity contribution in [3.63, 3.8) is 0 Å². The van der Waals surface area contributed by atoms with Crippen LogP contribution in [0.2, 0.25) is 0 Å². The van der Waals surface area contributed by atoms with E-state index in [-0.39, 0.29) is 0 Å². The van der Waals surface area contributed by atoms with E-state index >= 15 is 0 Å². The molecule has 0 amide bonds. The van der Waals surface area contributed by atoms with Gasteiger partial charge in [-0.25, -0.2) is 4.98 Å². The van der Waals surface area contributed by atoms with Crippen LogP contribution in [0.1, 0.15) is 0 Å². The molecule has 0 spiro atoms. The van der Waals surface area contributed by atoms with Crippen molar-refractivity contribution in [2.24, 2.45) is 0 Å². The average Bonchev–Trinajstić information content (AvgIpc) is 3.02. The van der Waals surface area contributed by atoms with Gasteiger partial charge in [0, 0.05) is 12.3 Å². The molecule has 0 atom stereocenters. The van der Waals surface area contributed by atoms with Crippen LogP contribution in [0.5, 0.6) is 11.5 Å². The summed E-state index contributed by atoms with van der Waals surface area (Å²) in [6, 6.07) is 7.50. The van der Waals surface area contributed by atoms with Gasteiger partial charge < -0.3 is 14.5 Å². The molecule has 0 saturated carbocycles. The number of rotatable bonds is 7. The predicted molar refractivity (Wildman–Crippen MR) is 90.7 cm³/mol. The van der Waals surface area contributed by atoms with Crippen LogP contribution in [0.4, 0.5) is 0 Å². The highest BCUT2D eigenvalue weighted by molar-refractivity contribution is 5.80. The molecule has 2 aromatic heterocycles. The quantitative estimate of drug-likeness (QED) is 0.675. The Morgan fingerprint density at radius 2 is 1.91 bits per heavy atom. The lowest BCUT2D eigenvalue weighted by atomic mass is 10.2. The van der Waals surface area contributed by atoms with Gasteiger partial charge in [-0.15, -0.1) is 0 Å². The van der Waals surface area contributed by atoms with E-state index in [4.69, 9.17) is 9.47 Å². The van der Waals surface area contributed by atoms with Crippen molar-refractivity contribution in [2.75, 3.05) is 13.2 Å². The van der Waals surface area contributed by atoms with Gasteiger partial charge in [0.05, 0.1) is 22.8 Å². The third-order valence-corrected chi connectivity index (χ3v) is 3.22. The van der Waals surface area contributed by atoms with E-state index in [1.165, 1.54) is 0 Å². The minimum atomic E-state index is 0.402. The van der Waals surface area contributed by atoms with Crippen LogP contribution in [0.3, 0.4) is 0 Å². The molecule has 5 heteroatoms. The van der Waals surface area contributed by atoms with E-state index < -0.39 is 0 Å². The lowest BCUT2D eigenvalue weighted by Crippen LogP contribution is -1.98. The first-order valence-corrected chi connectivity index (χ1v) is 7.23. The fourth-order valence-corrected chi connectivity index (χ4v) is 2.20. The summed E-state index contributed by atoms with van der Waals surface area (Å²) in [4.78, 5) is 11.9. The molecule has 23 heavy (non-hydrogen) atoms. The monoisotopic (exact) mass is 307 g/mol. The molecule has 0 radical (unpaired) electrons. The summed E-state index contributed by atoms with van der Waals surface area (Å²) in [6.45, 7) is 8.17. The third-order valence-electron chi connectivity index (χ3n) is 3.22. The molecule has 1 aromatic carbocycles. The Kier molecular flexibility index (Phi) is 4.38. The summed E-state index contributed by atoms with van der Waals surface area (Å²) in [5, 5.41) is 0. The largest absolute Gasteiger partial charge is 0.489 e. The zero-order valence-electron chi connectivity index (χ0n) is 12.7. The predicted octanol–water partition coefficient (Wildman–Crippen LogP) is 3.75. The lowest BCUT2D eigenvalue weighted by molar-refractivity contribution is 0.346. The van der Waals surface area contributed by atoms with Crippen molar-refractivity contribution in [1.29, 1.82) is 0 Å². The van der Waals surface area contributed by atoms with Crippen LogP contribution in [0.25, 0.3) is 22.4 Å². The van der Waals surface area contributed by atoms with Crippen LogP contribution in [-0.4, -0.2) is 28.2 Å². The minimum Gasteiger partial charge on any atom is -0.489 e. The number of benzene rings is 1. The van der Waals surface area contributed by atoms with Gasteiger partial charge in [-0.05, 0) is 18.2 Å². The molecule has 0 saturated heterocycles. The van der Waals surface area contributed by atoms with Gasteiger partial charge in [0.1, 0.15) is 30.5 Å². The Morgan fingerprint density at radius 3 is 2.70 bits per heavy atom. The highest BCUT2D eigenvalue weighted by atomic mass is 16.5. The highest BCUT2D eigenvalue weighted by Gasteiger charge is 2.12. The summed E-state index contributed by atoms with van der Waals surface area (Å²) >= 11 is 0. The number of fused-ring (bicyclic) bond motifs is 1. The molecule has 0 unspecified atom stereocenters. The Morgan fingerprint density at radius 1 is 1.09 bits per heavy atom. The number of H-pyrrole nitrogens is 1. The van der Waals surface area contributed by atoms with E-state index in [0.29, 0.717) is 24.7 Å². The van der Waals surface area contributed by atoms with Gasteiger partial charge in [-0.2, -0.15) is 0 Å². The molecule has 116 valence electrons. The molecule has 0 aliphatic carbocycles. The molecule has 3 rings (SSSR count). The summed E-state index contributed by atoms with van der Waals surface area (Å²) in [5.41, 5.74) is 2.59. The van der Waals surface area contributed by atoms with Gasteiger partial charge >= 0.3 is 0 Å². The van der Waals surface area contributed by atoms with Crippen molar-refractivity contribution < 1.29 is 9.47 Å². The van der Waals surface area contributed by atoms with Gasteiger partial charge in [0.25, 0.3) is 0 Å². The minimum absolute atomic E-state index is 0.402. The zero-order valence-corrected chi connectivity index (χ0v) is 12.7. The van der Waals surface area contributed by atoms with Gasteiger partial charge in [0.2, 0.25) is 0 Å². The number of aromatic nitrogens is 3. The smallest absolute Gasteiger partial charge is 0.142 e. The van der Waals surface area contributed by atoms with Gasteiger partial charge in [0.15, 0.2) is 0 Å². The molecule has 0 bridgehead atoms. The molecule has 0 aliphatic heterocycles. The number of ether oxygens (including phenoxy) is 2. The molecule has 0 fully saturated rings. The highest BCUT2D eigenvalue weighted by Crippen LogP contribution is 2.33. The number of imidazole rings is 1. The lowest BCUT2D eigenvalue weighted by Gasteiger charge is -2.11. The van der Waals surface area contributed by atoms with E-state index in [2.05, 4.69) is 28.1 Å². The summed E-state index contributed by atoms with van der Waals surface area (Å²) < 4.78 is 11.3. The van der Waals surface area contributed by atoms with E-state index in [9.17, 15) is 0 Å². The van der Waals surface area contributed by atoms with Crippen molar-refractivity contribution in [2.45, 2.75) is 0 Å². The number of aromatic amines is 1. The number of nitrogens with one attached hydrogen (secondary N) is 1. The summed E-state index contributed by atoms with van der Waals surface area (Å²) in [7, 11) is 0. The molecule has 3 aromatic rings. The van der Waals surface area contributed by atoms with Crippen LogP contribution < -0.4 is 9.47 Å². The zero-order chi connectivity index (χ0) is 16.1. The fourth-order valence-electron chi connectivity index (χ4n) is 2.20. The Balaban J connectivity index is 2.01. The summed E-state index contributed by atoms with van der Waals surface area (Å²) in [6.07, 6.45) is 6.86. The Bertz CT molecular complexity index is 806. The van der Waals surface area contributed by atoms with Crippen molar-refractivity contribution in [3.8, 4) is 22.9 Å². The SMILES string of the molecule is C=CCOc1ccc(-c2nc3ccncc3[nH]2)c(OCC=C)c1. The maximum Gasteiger partial charge on any atom is 0.142 e. The van der Waals surface area contributed by atoms with Crippen molar-refractivity contribution >= 4 is 11.0 Å². The second kappa shape index (κ2) is 6.79. The first-order chi connectivity index (χ1) is 11.3. The summed E-state index contributed by atoms with van der Waals surface area (Å²) in [5.74, 6) is 2.12. The number of hydrogen-bond donors (Lipinski definition) is 1. The average molecular weight is 307 g/mol. The van der Waals surface area contributed by atoms with Crippen LogP contribution >= 0.6 is 0 Å². The molecular weight excluding hydrogens is 290 g/mol. The standard InChI is InChI=1S/C18H17N3O2/c1-3-9-22-13-5-6-14(17(11-13)23-10-4-2)18-20-15-7-8-19-12-16(15)21-18/h3-8,11-12H,1-2,9-10H2,(H,20,21). The fraction of sp³-hybridized carbons (Fsp3) is 0.111. The molecule has 2 heterocycles. The maximum atomic E-state index is 5.76. The first-order valence-electron chi connectivity index (χ1n) is 7.23. The molecular formula is C18H17N3O2. The normalized spacial score (nSPS) is 10.4. The Hall–Kier alpha value is -3.08. The van der Waals surface area contributed by atoms with E-state index in [1.54, 1.807) is 24.5 Å². The van der Waals surface area contributed by atoms with Crippen LogP contribution in [0.15, 0.2) is 62.0 Å². The first kappa shape index (κ1) is 14.8. The molecule has 0 aliphatic rings. The second-order valence-electron chi connectivity index (χ2n) is 4.84. The maximum absolute atomic E-state index is 5.76. The number of pyridine rings is 1. The second-order valence-corrected chi connectivity index (χ2v) is 4.84. The van der Waals surface area contributed by atoms with Crippen LogP contribution in [-0.2, 0) is 0 Å². The van der Waals surface area contributed by atoms with Crippen molar-refractivity contribution in [1.82, 2.24) is 15.0 Å². The molecule has 1 N–H and O–H groups in total. The number of nitrogens with zero attached hydrogens (tertiary/aromatic N) is 2. The van der Waals surface area contributed by atoms with Gasteiger partial charge in [-0.1, -0.05) is 25.3 Å². The number of hydrogen-bond acceptors (Lipinski definition) is 4. The van der Waals surface area contributed by atoms with Crippen LogP contribution in [0, 0.1) is 0 Å². The molecule has 5 nitrogen and oxygen atoms in total. The third kappa shape index (κ3) is 3.23. The topological polar surface area (TPSA) is 60.0 Å². The van der Waals surface area contributed by atoms with E-state index in [0.717, 1.165) is 22.4 Å². The van der Waals surface area contributed by atoms with Crippen molar-refractivity contribution in [3.05, 3.63) is 62.0 Å². The Labute approximate surface area is 134 Å². The van der Waals surface area contributed by atoms with E-state index in [1.807, 2.05) is 24.3 Å².